The van der Waals surface area contributed by atoms with E-state index < -0.39 is 0 Å². The third kappa shape index (κ3) is 7.31. The fourth-order valence-electron chi connectivity index (χ4n) is 10.5. The van der Waals surface area contributed by atoms with Crippen LogP contribution < -0.4 is 29.4 Å². The number of benzene rings is 6. The number of anilines is 6. The van der Waals surface area contributed by atoms with Gasteiger partial charge in [-0.1, -0.05) is 72.8 Å². The SMILES string of the molecule is CN1CN(C)CN(c2cccc3c(N4CN(c5cccc6c(N7CN(C)CN(C)C7)cccc56)CN(c5cccc6c(N7CN(C)CN(C)C7)cccc56)C4)cccc23)C1. The van der Waals surface area contributed by atoms with Crippen molar-refractivity contribution in [2.24, 2.45) is 0 Å². The summed E-state index contributed by atoms with van der Waals surface area (Å²) < 4.78 is 0. The molecule has 0 unspecified atom stereocenters. The van der Waals surface area contributed by atoms with Crippen LogP contribution >= 0.6 is 0 Å². The molecule has 0 radical (unpaired) electrons. The van der Waals surface area contributed by atoms with Gasteiger partial charge in [-0.05, 0) is 78.7 Å². The van der Waals surface area contributed by atoms with Gasteiger partial charge in [-0.3, -0.25) is 29.4 Å². The predicted molar refractivity (Wildman–Crippen MR) is 252 cm³/mol. The zero-order valence-corrected chi connectivity index (χ0v) is 36.2. The monoisotopic (exact) mass is 805 g/mol. The van der Waals surface area contributed by atoms with E-state index >= 15 is 0 Å². The largest absolute Gasteiger partial charge is 0.345 e. The zero-order valence-electron chi connectivity index (χ0n) is 36.2. The minimum atomic E-state index is 0.760. The Morgan fingerprint density at radius 3 is 0.567 bits per heavy atom. The Bertz CT molecular complexity index is 2200. The molecule has 6 aromatic rings. The third-order valence-electron chi connectivity index (χ3n) is 12.6. The summed E-state index contributed by atoms with van der Waals surface area (Å²) in [4.78, 5) is 29.5. The molecule has 4 aliphatic rings. The van der Waals surface area contributed by atoms with Crippen molar-refractivity contribution >= 4 is 66.4 Å². The first kappa shape index (κ1) is 38.8. The van der Waals surface area contributed by atoms with Crippen molar-refractivity contribution in [3.63, 3.8) is 0 Å². The molecule has 0 N–H and O–H groups in total. The van der Waals surface area contributed by atoms with Crippen molar-refractivity contribution in [2.75, 3.05) is 152 Å². The van der Waals surface area contributed by atoms with Crippen molar-refractivity contribution in [1.82, 2.24) is 29.4 Å². The highest BCUT2D eigenvalue weighted by Gasteiger charge is 2.30. The molecule has 10 rings (SSSR count). The van der Waals surface area contributed by atoms with Crippen molar-refractivity contribution in [1.29, 1.82) is 0 Å². The molecule has 4 heterocycles. The Balaban J connectivity index is 1.09. The van der Waals surface area contributed by atoms with E-state index in [1.165, 1.54) is 66.4 Å². The highest BCUT2D eigenvalue weighted by Crippen LogP contribution is 2.41. The molecule has 12 heteroatoms. The molecule has 0 spiro atoms. The summed E-state index contributed by atoms with van der Waals surface area (Å²) in [5.74, 6) is 0. The van der Waals surface area contributed by atoms with Crippen LogP contribution in [0.15, 0.2) is 109 Å². The summed E-state index contributed by atoms with van der Waals surface area (Å²) in [6.07, 6.45) is 0. The van der Waals surface area contributed by atoms with E-state index in [1.54, 1.807) is 0 Å². The van der Waals surface area contributed by atoms with Crippen LogP contribution in [-0.2, 0) is 0 Å². The standard InChI is InChI=1S/C48H60N12/c1-49-25-50(2)29-55(28-49)43-19-7-16-40-37(43)13-10-22-46(40)58-34-59(47-23-11-14-38-41(47)17-8-20-44(38)56-30-51(3)26-52(4)31-56)36-60(35-58)48-24-12-15-39-42(48)18-9-21-45(39)57-32-53(5)27-54(6)33-57/h7-24H,25-36H2,1-6H3. The van der Waals surface area contributed by atoms with Crippen LogP contribution in [0.2, 0.25) is 0 Å². The highest BCUT2D eigenvalue weighted by atomic mass is 15.5. The Morgan fingerprint density at radius 1 is 0.217 bits per heavy atom. The first-order valence-corrected chi connectivity index (χ1v) is 21.3. The lowest BCUT2D eigenvalue weighted by atomic mass is 10.0. The first-order chi connectivity index (χ1) is 29.2. The second-order valence-corrected chi connectivity index (χ2v) is 18.0. The van der Waals surface area contributed by atoms with E-state index in [0.717, 1.165) is 80.0 Å². The van der Waals surface area contributed by atoms with E-state index in [4.69, 9.17) is 0 Å². The lowest BCUT2D eigenvalue weighted by Gasteiger charge is -2.46. The third-order valence-corrected chi connectivity index (χ3v) is 12.6. The van der Waals surface area contributed by atoms with Gasteiger partial charge in [-0.15, -0.1) is 0 Å². The van der Waals surface area contributed by atoms with Crippen molar-refractivity contribution < 1.29 is 0 Å². The van der Waals surface area contributed by atoms with Gasteiger partial charge in [-0.2, -0.15) is 0 Å². The second-order valence-electron chi connectivity index (χ2n) is 18.0. The van der Waals surface area contributed by atoms with E-state index in [2.05, 4.69) is 210 Å². The molecule has 0 amide bonds. The first-order valence-electron chi connectivity index (χ1n) is 21.3. The summed E-state index contributed by atoms with van der Waals surface area (Å²) >= 11 is 0. The predicted octanol–water partition coefficient (Wildman–Crippen LogP) is 6.52. The van der Waals surface area contributed by atoms with Crippen LogP contribution in [0.1, 0.15) is 0 Å². The molecule has 0 saturated carbocycles. The summed E-state index contributed by atoms with van der Waals surface area (Å²) in [5.41, 5.74) is 7.61. The molecule has 6 aromatic carbocycles. The molecule has 0 aliphatic carbocycles. The van der Waals surface area contributed by atoms with Crippen LogP contribution in [0.4, 0.5) is 34.1 Å². The van der Waals surface area contributed by atoms with Crippen LogP contribution in [0.5, 0.6) is 0 Å². The molecule has 0 bridgehead atoms. The quantitative estimate of drug-likeness (QED) is 0.184. The van der Waals surface area contributed by atoms with Gasteiger partial charge in [-0.25, -0.2) is 0 Å². The maximum Gasteiger partial charge on any atom is 0.0938 e. The van der Waals surface area contributed by atoms with Gasteiger partial charge in [0.05, 0.1) is 80.0 Å². The van der Waals surface area contributed by atoms with Crippen LogP contribution in [0.25, 0.3) is 32.3 Å². The fourth-order valence-corrected chi connectivity index (χ4v) is 10.5. The van der Waals surface area contributed by atoms with Gasteiger partial charge in [0.15, 0.2) is 0 Å². The lowest BCUT2D eigenvalue weighted by Crippen LogP contribution is -2.56. The van der Waals surface area contributed by atoms with E-state index in [9.17, 15) is 0 Å². The van der Waals surface area contributed by atoms with Gasteiger partial charge in [0.1, 0.15) is 0 Å². The topological polar surface area (TPSA) is 38.9 Å². The molecule has 312 valence electrons. The Hall–Kier alpha value is -5.34. The summed E-state index contributed by atoms with van der Waals surface area (Å²) in [5, 5.41) is 7.72. The number of hydrogen-bond donors (Lipinski definition) is 0. The minimum absolute atomic E-state index is 0.760. The van der Waals surface area contributed by atoms with Gasteiger partial charge in [0, 0.05) is 66.4 Å². The van der Waals surface area contributed by atoms with Crippen molar-refractivity contribution in [2.45, 2.75) is 0 Å². The summed E-state index contributed by atoms with van der Waals surface area (Å²) in [7, 11) is 13.2. The number of hydrogen-bond acceptors (Lipinski definition) is 12. The smallest absolute Gasteiger partial charge is 0.0938 e. The minimum Gasteiger partial charge on any atom is -0.345 e. The van der Waals surface area contributed by atoms with Gasteiger partial charge < -0.3 is 29.4 Å². The average molecular weight is 805 g/mol. The summed E-state index contributed by atoms with van der Waals surface area (Å²) in [6, 6.07) is 41.3. The normalized spacial score (nSPS) is 20.1. The van der Waals surface area contributed by atoms with Gasteiger partial charge >= 0.3 is 0 Å². The molecular formula is C48H60N12. The van der Waals surface area contributed by atoms with E-state index in [-0.39, 0.29) is 0 Å². The highest BCUT2D eigenvalue weighted by molar-refractivity contribution is 6.05. The Kier molecular flexibility index (Phi) is 10.3. The lowest BCUT2D eigenvalue weighted by molar-refractivity contribution is 0.135. The molecule has 0 aromatic heterocycles. The molecule has 4 saturated heterocycles. The van der Waals surface area contributed by atoms with Gasteiger partial charge in [0.2, 0.25) is 0 Å². The van der Waals surface area contributed by atoms with Crippen LogP contribution in [-0.4, -0.2) is 152 Å². The number of fused-ring (bicyclic) bond motifs is 3. The number of nitrogens with zero attached hydrogens (tertiary/aromatic N) is 12. The van der Waals surface area contributed by atoms with E-state index in [0.29, 0.717) is 0 Å². The van der Waals surface area contributed by atoms with Crippen LogP contribution in [0.3, 0.4) is 0 Å². The van der Waals surface area contributed by atoms with Crippen molar-refractivity contribution in [3.8, 4) is 0 Å². The maximum atomic E-state index is 2.60. The van der Waals surface area contributed by atoms with Crippen LogP contribution in [0, 0.1) is 0 Å². The zero-order chi connectivity index (χ0) is 41.1. The average Bonchev–Trinajstić information content (AvgIpc) is 3.24. The molecule has 4 fully saturated rings. The molecular weight excluding hydrogens is 745 g/mol. The number of rotatable bonds is 6. The fraction of sp³-hybridized carbons (Fsp3) is 0.375. The van der Waals surface area contributed by atoms with Gasteiger partial charge in [0.25, 0.3) is 0 Å². The second kappa shape index (κ2) is 15.9. The van der Waals surface area contributed by atoms with Crippen molar-refractivity contribution in [3.05, 3.63) is 109 Å². The molecule has 12 nitrogen and oxygen atoms in total. The maximum absolute atomic E-state index is 2.60. The van der Waals surface area contributed by atoms with E-state index in [1.807, 2.05) is 0 Å². The Labute approximate surface area is 355 Å². The molecule has 4 aliphatic heterocycles. The summed E-state index contributed by atoms with van der Waals surface area (Å²) in [6.45, 7) is 10.6. The molecule has 60 heavy (non-hydrogen) atoms. The molecule has 0 atom stereocenters. The Morgan fingerprint density at radius 2 is 0.383 bits per heavy atom.